The summed E-state index contributed by atoms with van der Waals surface area (Å²) in [5.74, 6) is -3.62. The number of carboxylic acids is 1. The Hall–Kier alpha value is -4.73. The van der Waals surface area contributed by atoms with Crippen molar-refractivity contribution in [2.75, 3.05) is 6.61 Å². The average Bonchev–Trinajstić information content (AvgIpc) is 2.90. The van der Waals surface area contributed by atoms with Crippen LogP contribution in [0.25, 0.3) is 10.8 Å². The standard InChI is InChI=1S/C28H28N2O8/c1-18(29-28(36)38-16-19-8-3-2-4-9-19)27(35)30-23(15-25(32)33)24(31)17-37-26(34)14-21-12-7-11-20-10-5-6-13-22(20)21/h2-13,18,23H,14-17H2,1H3,(H,29,36)(H,30,35)(H,32,33). The molecular formula is C28H28N2O8. The van der Waals surface area contributed by atoms with Crippen molar-refractivity contribution in [1.82, 2.24) is 10.6 Å². The summed E-state index contributed by atoms with van der Waals surface area (Å²) in [5, 5.41) is 15.6. The molecule has 2 unspecified atom stereocenters. The van der Waals surface area contributed by atoms with Crippen LogP contribution in [0.15, 0.2) is 72.8 Å². The number of hydrogen-bond donors (Lipinski definition) is 3. The maximum atomic E-state index is 12.6. The minimum Gasteiger partial charge on any atom is -0.481 e. The van der Waals surface area contributed by atoms with Crippen LogP contribution in [-0.4, -0.2) is 53.5 Å². The molecule has 10 heteroatoms. The highest BCUT2D eigenvalue weighted by Crippen LogP contribution is 2.19. The molecule has 3 N–H and O–H groups in total. The second-order valence-electron chi connectivity index (χ2n) is 8.53. The zero-order valence-corrected chi connectivity index (χ0v) is 20.7. The van der Waals surface area contributed by atoms with Crippen molar-refractivity contribution in [1.29, 1.82) is 0 Å². The number of aliphatic carboxylic acids is 1. The van der Waals surface area contributed by atoms with Gasteiger partial charge in [0.1, 0.15) is 18.7 Å². The maximum Gasteiger partial charge on any atom is 0.408 e. The molecule has 38 heavy (non-hydrogen) atoms. The number of esters is 1. The summed E-state index contributed by atoms with van der Waals surface area (Å²) >= 11 is 0. The molecule has 10 nitrogen and oxygen atoms in total. The molecule has 0 spiro atoms. The lowest BCUT2D eigenvalue weighted by molar-refractivity contribution is -0.148. The molecule has 2 atom stereocenters. The van der Waals surface area contributed by atoms with Gasteiger partial charge in [0.05, 0.1) is 12.8 Å². The predicted molar refractivity (Wildman–Crippen MR) is 137 cm³/mol. The van der Waals surface area contributed by atoms with Gasteiger partial charge >= 0.3 is 18.0 Å². The van der Waals surface area contributed by atoms with Crippen molar-refractivity contribution in [3.63, 3.8) is 0 Å². The fourth-order valence-corrected chi connectivity index (χ4v) is 3.63. The Morgan fingerprint density at radius 1 is 0.842 bits per heavy atom. The summed E-state index contributed by atoms with van der Waals surface area (Å²) in [4.78, 5) is 60.8. The summed E-state index contributed by atoms with van der Waals surface area (Å²) in [6.45, 7) is 0.625. The molecule has 0 aliphatic heterocycles. The summed E-state index contributed by atoms with van der Waals surface area (Å²) in [6, 6.07) is 19.3. The molecule has 0 radical (unpaired) electrons. The fourth-order valence-electron chi connectivity index (χ4n) is 3.63. The van der Waals surface area contributed by atoms with Crippen molar-refractivity contribution in [2.45, 2.75) is 38.5 Å². The van der Waals surface area contributed by atoms with E-state index in [1.54, 1.807) is 36.4 Å². The van der Waals surface area contributed by atoms with E-state index < -0.39 is 54.8 Å². The molecule has 0 heterocycles. The second-order valence-corrected chi connectivity index (χ2v) is 8.53. The molecule has 0 aromatic heterocycles. The van der Waals surface area contributed by atoms with E-state index in [2.05, 4.69) is 10.6 Å². The maximum absolute atomic E-state index is 12.6. The van der Waals surface area contributed by atoms with Crippen LogP contribution in [0.1, 0.15) is 24.5 Å². The number of ether oxygens (including phenoxy) is 2. The number of carboxylic acid groups (broad SMARTS) is 1. The first-order chi connectivity index (χ1) is 18.2. The summed E-state index contributed by atoms with van der Waals surface area (Å²) < 4.78 is 10.1. The molecule has 0 aliphatic carbocycles. The van der Waals surface area contributed by atoms with E-state index in [4.69, 9.17) is 9.47 Å². The topological polar surface area (TPSA) is 148 Å². The SMILES string of the molecule is CC(NC(=O)OCc1ccccc1)C(=O)NC(CC(=O)O)C(=O)COC(=O)Cc1cccc2ccccc12. The molecule has 3 aromatic carbocycles. The Balaban J connectivity index is 1.51. The predicted octanol–water partition coefficient (Wildman–Crippen LogP) is 2.77. The molecule has 0 bridgehead atoms. The number of alkyl carbamates (subject to hydrolysis) is 1. The number of carbonyl (C=O) groups excluding carboxylic acids is 4. The van der Waals surface area contributed by atoms with E-state index in [1.165, 1.54) is 6.92 Å². The molecular weight excluding hydrogens is 492 g/mol. The molecule has 0 saturated carbocycles. The van der Waals surface area contributed by atoms with E-state index in [0.29, 0.717) is 0 Å². The van der Waals surface area contributed by atoms with Gasteiger partial charge in [0.15, 0.2) is 12.4 Å². The second kappa shape index (κ2) is 13.5. The first-order valence-electron chi connectivity index (χ1n) is 11.9. The minimum absolute atomic E-state index is 0.00865. The number of Topliss-reactive ketones (excluding diaryl/α,β-unsaturated/α-hetero) is 1. The van der Waals surface area contributed by atoms with Crippen LogP contribution in [-0.2, 0) is 41.7 Å². The number of benzene rings is 3. The molecule has 3 aromatic rings. The van der Waals surface area contributed by atoms with Crippen LogP contribution >= 0.6 is 0 Å². The van der Waals surface area contributed by atoms with Crippen LogP contribution in [0.4, 0.5) is 4.79 Å². The number of hydrogen-bond acceptors (Lipinski definition) is 7. The van der Waals surface area contributed by atoms with Gasteiger partial charge in [-0.1, -0.05) is 72.8 Å². The van der Waals surface area contributed by atoms with E-state index in [0.717, 1.165) is 21.9 Å². The van der Waals surface area contributed by atoms with E-state index in [9.17, 15) is 29.1 Å². The quantitative estimate of drug-likeness (QED) is 0.309. The van der Waals surface area contributed by atoms with Crippen molar-refractivity contribution in [2.24, 2.45) is 0 Å². The van der Waals surface area contributed by atoms with Crippen LogP contribution in [0.3, 0.4) is 0 Å². The van der Waals surface area contributed by atoms with Crippen LogP contribution in [0.2, 0.25) is 0 Å². The molecule has 2 amide bonds. The first kappa shape index (κ1) is 27.9. The molecule has 198 valence electrons. The van der Waals surface area contributed by atoms with Crippen LogP contribution in [0.5, 0.6) is 0 Å². The van der Waals surface area contributed by atoms with Crippen molar-refractivity contribution < 1.29 is 38.6 Å². The third kappa shape index (κ3) is 8.44. The highest BCUT2D eigenvalue weighted by molar-refractivity contribution is 5.95. The highest BCUT2D eigenvalue weighted by Gasteiger charge is 2.27. The molecule has 0 aliphatic rings. The Labute approximate surface area is 218 Å². The average molecular weight is 521 g/mol. The van der Waals surface area contributed by atoms with Gasteiger partial charge in [-0.3, -0.25) is 19.2 Å². The minimum atomic E-state index is -1.46. The fraction of sp³-hybridized carbons (Fsp3) is 0.250. The number of nitrogens with one attached hydrogen (secondary N) is 2. The Morgan fingerprint density at radius 3 is 2.26 bits per heavy atom. The molecule has 0 fully saturated rings. The smallest absolute Gasteiger partial charge is 0.408 e. The van der Waals surface area contributed by atoms with Gasteiger partial charge in [0.2, 0.25) is 5.91 Å². The van der Waals surface area contributed by atoms with Crippen LogP contribution in [0, 0.1) is 0 Å². The summed E-state index contributed by atoms with van der Waals surface area (Å²) in [6.07, 6.45) is -1.67. The number of amides is 2. The van der Waals surface area contributed by atoms with Gasteiger partial charge in [-0.15, -0.1) is 0 Å². The number of ketones is 1. The van der Waals surface area contributed by atoms with Gasteiger partial charge in [-0.2, -0.15) is 0 Å². The third-order valence-corrected chi connectivity index (χ3v) is 5.61. The van der Waals surface area contributed by atoms with Gasteiger partial charge in [0, 0.05) is 0 Å². The summed E-state index contributed by atoms with van der Waals surface area (Å²) in [5.41, 5.74) is 1.47. The normalized spacial score (nSPS) is 12.1. The van der Waals surface area contributed by atoms with Crippen LogP contribution < -0.4 is 10.6 Å². The first-order valence-corrected chi connectivity index (χ1v) is 11.9. The number of fused-ring (bicyclic) bond motifs is 1. The lowest BCUT2D eigenvalue weighted by Crippen LogP contribution is -2.51. The van der Waals surface area contributed by atoms with Gasteiger partial charge < -0.3 is 25.2 Å². The number of carbonyl (C=O) groups is 5. The lowest BCUT2D eigenvalue weighted by Gasteiger charge is -2.19. The largest absolute Gasteiger partial charge is 0.481 e. The van der Waals surface area contributed by atoms with E-state index in [-0.39, 0.29) is 13.0 Å². The van der Waals surface area contributed by atoms with Gasteiger partial charge in [-0.05, 0) is 28.8 Å². The lowest BCUT2D eigenvalue weighted by atomic mass is 10.0. The summed E-state index contributed by atoms with van der Waals surface area (Å²) in [7, 11) is 0. The Morgan fingerprint density at radius 2 is 1.53 bits per heavy atom. The number of rotatable bonds is 12. The monoisotopic (exact) mass is 520 g/mol. The highest BCUT2D eigenvalue weighted by atomic mass is 16.5. The third-order valence-electron chi connectivity index (χ3n) is 5.61. The van der Waals surface area contributed by atoms with E-state index >= 15 is 0 Å². The van der Waals surface area contributed by atoms with E-state index in [1.807, 2.05) is 36.4 Å². The zero-order valence-electron chi connectivity index (χ0n) is 20.7. The van der Waals surface area contributed by atoms with Gasteiger partial charge in [-0.25, -0.2) is 4.79 Å². The molecule has 3 rings (SSSR count). The molecule has 0 saturated heterocycles. The van der Waals surface area contributed by atoms with Crippen molar-refractivity contribution >= 4 is 40.5 Å². The zero-order chi connectivity index (χ0) is 27.5. The Bertz CT molecular complexity index is 1300. The Kier molecular flexibility index (Phi) is 9.93. The van der Waals surface area contributed by atoms with Gasteiger partial charge in [0.25, 0.3) is 0 Å². The van der Waals surface area contributed by atoms with Crippen molar-refractivity contribution in [3.8, 4) is 0 Å². The van der Waals surface area contributed by atoms with Crippen molar-refractivity contribution in [3.05, 3.63) is 83.9 Å².